The zero-order valence-corrected chi connectivity index (χ0v) is 8.42. The predicted octanol–water partition coefficient (Wildman–Crippen LogP) is 2.03. The van der Waals surface area contributed by atoms with E-state index in [4.69, 9.17) is 10.8 Å². The monoisotopic (exact) mass is 214 g/mol. The average Bonchev–Trinajstić information content (AvgIpc) is 2.29. The molecule has 0 atom stereocenters. The van der Waals surface area contributed by atoms with Crippen LogP contribution in [-0.4, -0.2) is 16.1 Å². The third-order valence-corrected chi connectivity index (χ3v) is 2.15. The molecule has 0 saturated heterocycles. The summed E-state index contributed by atoms with van der Waals surface area (Å²) in [5, 5.41) is 8.82. The highest BCUT2D eigenvalue weighted by Gasteiger charge is 2.06. The van der Waals surface area contributed by atoms with Gasteiger partial charge in [0.1, 0.15) is 5.69 Å². The second-order valence-electron chi connectivity index (χ2n) is 3.34. The van der Waals surface area contributed by atoms with Crippen LogP contribution < -0.4 is 5.73 Å². The number of carboxylic acid groups (broad SMARTS) is 1. The summed E-state index contributed by atoms with van der Waals surface area (Å²) < 4.78 is 0. The van der Waals surface area contributed by atoms with Gasteiger partial charge < -0.3 is 10.8 Å². The largest absolute Gasteiger partial charge is 0.477 e. The number of hydrogen-bond acceptors (Lipinski definition) is 3. The number of nitrogens with zero attached hydrogens (tertiary/aromatic N) is 1. The van der Waals surface area contributed by atoms with Gasteiger partial charge in [0.25, 0.3) is 0 Å². The van der Waals surface area contributed by atoms with Crippen LogP contribution in [0.5, 0.6) is 0 Å². The third kappa shape index (κ3) is 2.00. The van der Waals surface area contributed by atoms with Crippen molar-refractivity contribution in [3.63, 3.8) is 0 Å². The van der Waals surface area contributed by atoms with Crippen molar-refractivity contribution < 1.29 is 9.90 Å². The van der Waals surface area contributed by atoms with Gasteiger partial charge in [-0.15, -0.1) is 0 Å². The van der Waals surface area contributed by atoms with Crippen molar-refractivity contribution in [2.45, 2.75) is 0 Å². The van der Waals surface area contributed by atoms with Crippen LogP contribution in [0.2, 0.25) is 0 Å². The lowest BCUT2D eigenvalue weighted by Crippen LogP contribution is -2.00. The van der Waals surface area contributed by atoms with Gasteiger partial charge in [-0.3, -0.25) is 0 Å². The molecule has 0 bridgehead atoms. The van der Waals surface area contributed by atoms with Gasteiger partial charge >= 0.3 is 5.97 Å². The van der Waals surface area contributed by atoms with Crippen LogP contribution in [0, 0.1) is 0 Å². The first-order valence-corrected chi connectivity index (χ1v) is 4.73. The van der Waals surface area contributed by atoms with Gasteiger partial charge in [-0.2, -0.15) is 0 Å². The molecule has 0 amide bonds. The van der Waals surface area contributed by atoms with E-state index in [2.05, 4.69) is 4.98 Å². The van der Waals surface area contributed by atoms with Crippen molar-refractivity contribution in [3.8, 4) is 11.3 Å². The Kier molecular flexibility index (Phi) is 2.55. The Morgan fingerprint density at radius 3 is 2.62 bits per heavy atom. The quantitative estimate of drug-likeness (QED) is 0.750. The molecule has 1 heterocycles. The van der Waals surface area contributed by atoms with Gasteiger partial charge in [0.05, 0.1) is 5.69 Å². The fourth-order valence-corrected chi connectivity index (χ4v) is 1.41. The van der Waals surface area contributed by atoms with Crippen molar-refractivity contribution in [3.05, 3.63) is 48.2 Å². The van der Waals surface area contributed by atoms with E-state index in [1.807, 2.05) is 6.07 Å². The van der Waals surface area contributed by atoms with E-state index in [0.29, 0.717) is 11.4 Å². The Labute approximate surface area is 92.4 Å². The summed E-state index contributed by atoms with van der Waals surface area (Å²) in [5.41, 5.74) is 7.71. The Morgan fingerprint density at radius 2 is 1.94 bits per heavy atom. The topological polar surface area (TPSA) is 76.2 Å². The van der Waals surface area contributed by atoms with Gasteiger partial charge in [0.15, 0.2) is 0 Å². The van der Waals surface area contributed by atoms with Crippen LogP contribution in [-0.2, 0) is 0 Å². The maximum atomic E-state index is 10.8. The Balaban J connectivity index is 2.48. The second kappa shape index (κ2) is 4.02. The number of rotatable bonds is 2. The number of anilines is 1. The zero-order valence-electron chi connectivity index (χ0n) is 8.42. The van der Waals surface area contributed by atoms with E-state index in [9.17, 15) is 4.79 Å². The van der Waals surface area contributed by atoms with Crippen molar-refractivity contribution >= 4 is 11.7 Å². The summed E-state index contributed by atoms with van der Waals surface area (Å²) in [5.74, 6) is -1.04. The standard InChI is InChI=1S/C12H10N2O2/c13-9-4-1-3-8(7-9)10-5-2-6-11(14-10)12(15)16/h1-7H,13H2,(H,15,16). The van der Waals surface area contributed by atoms with E-state index < -0.39 is 5.97 Å². The minimum atomic E-state index is -1.04. The van der Waals surface area contributed by atoms with Gasteiger partial charge in [0.2, 0.25) is 0 Å². The van der Waals surface area contributed by atoms with Crippen LogP contribution in [0.25, 0.3) is 11.3 Å². The molecule has 4 heteroatoms. The molecule has 0 spiro atoms. The highest BCUT2D eigenvalue weighted by atomic mass is 16.4. The summed E-state index contributed by atoms with van der Waals surface area (Å²) in [6.45, 7) is 0. The van der Waals surface area contributed by atoms with Crippen molar-refractivity contribution in [1.29, 1.82) is 0 Å². The van der Waals surface area contributed by atoms with Gasteiger partial charge in [-0.25, -0.2) is 9.78 Å². The Bertz CT molecular complexity index is 538. The van der Waals surface area contributed by atoms with E-state index in [1.54, 1.807) is 30.3 Å². The molecular weight excluding hydrogens is 204 g/mol. The number of aromatic carboxylic acids is 1. The van der Waals surface area contributed by atoms with Crippen LogP contribution in [0.4, 0.5) is 5.69 Å². The number of nitrogen functional groups attached to an aromatic ring is 1. The normalized spacial score (nSPS) is 10.0. The van der Waals surface area contributed by atoms with Crippen molar-refractivity contribution in [2.75, 3.05) is 5.73 Å². The first kappa shape index (κ1) is 10.2. The SMILES string of the molecule is Nc1cccc(-c2cccc(C(=O)O)n2)c1. The van der Waals surface area contributed by atoms with Crippen molar-refractivity contribution in [2.24, 2.45) is 0 Å². The van der Waals surface area contributed by atoms with Gasteiger partial charge in [-0.1, -0.05) is 18.2 Å². The highest BCUT2D eigenvalue weighted by molar-refractivity contribution is 5.86. The summed E-state index contributed by atoms with van der Waals surface area (Å²) in [7, 11) is 0. The molecule has 0 aliphatic rings. The van der Waals surface area contributed by atoms with E-state index >= 15 is 0 Å². The van der Waals surface area contributed by atoms with E-state index in [0.717, 1.165) is 5.56 Å². The number of hydrogen-bond donors (Lipinski definition) is 2. The maximum absolute atomic E-state index is 10.8. The van der Waals surface area contributed by atoms with Crippen LogP contribution in [0.3, 0.4) is 0 Å². The highest BCUT2D eigenvalue weighted by Crippen LogP contribution is 2.19. The molecule has 1 aromatic carbocycles. The second-order valence-corrected chi connectivity index (χ2v) is 3.34. The minimum Gasteiger partial charge on any atom is -0.477 e. The molecule has 2 aromatic rings. The number of carboxylic acids is 1. The molecule has 2 rings (SSSR count). The number of aromatic nitrogens is 1. The molecule has 0 radical (unpaired) electrons. The molecule has 3 N–H and O–H groups in total. The molecule has 4 nitrogen and oxygen atoms in total. The summed E-state index contributed by atoms with van der Waals surface area (Å²) in [4.78, 5) is 14.8. The molecule has 0 unspecified atom stereocenters. The number of pyridine rings is 1. The molecule has 1 aromatic heterocycles. The summed E-state index contributed by atoms with van der Waals surface area (Å²) in [6, 6.07) is 12.0. The average molecular weight is 214 g/mol. The molecule has 80 valence electrons. The predicted molar refractivity (Wildman–Crippen MR) is 61.0 cm³/mol. The maximum Gasteiger partial charge on any atom is 0.354 e. The molecular formula is C12H10N2O2. The molecule has 0 aliphatic carbocycles. The first-order valence-electron chi connectivity index (χ1n) is 4.73. The lowest BCUT2D eigenvalue weighted by molar-refractivity contribution is 0.0690. The van der Waals surface area contributed by atoms with Crippen molar-refractivity contribution in [1.82, 2.24) is 4.98 Å². The van der Waals surface area contributed by atoms with Gasteiger partial charge in [-0.05, 0) is 24.3 Å². The van der Waals surface area contributed by atoms with Gasteiger partial charge in [0, 0.05) is 11.3 Å². The fourth-order valence-electron chi connectivity index (χ4n) is 1.41. The Morgan fingerprint density at radius 1 is 1.19 bits per heavy atom. The summed E-state index contributed by atoms with van der Waals surface area (Å²) in [6.07, 6.45) is 0. The minimum absolute atomic E-state index is 0.0277. The van der Waals surface area contributed by atoms with Crippen LogP contribution in [0.15, 0.2) is 42.5 Å². The molecule has 0 fully saturated rings. The molecule has 16 heavy (non-hydrogen) atoms. The zero-order chi connectivity index (χ0) is 11.5. The van der Waals surface area contributed by atoms with E-state index in [1.165, 1.54) is 6.07 Å². The lowest BCUT2D eigenvalue weighted by atomic mass is 10.1. The number of nitrogens with two attached hydrogens (primary N) is 1. The summed E-state index contributed by atoms with van der Waals surface area (Å²) >= 11 is 0. The third-order valence-electron chi connectivity index (χ3n) is 2.15. The number of carbonyl (C=O) groups is 1. The van der Waals surface area contributed by atoms with Crippen LogP contribution in [0.1, 0.15) is 10.5 Å². The fraction of sp³-hybridized carbons (Fsp3) is 0. The smallest absolute Gasteiger partial charge is 0.354 e. The lowest BCUT2D eigenvalue weighted by Gasteiger charge is -2.02. The Hall–Kier alpha value is -2.36. The molecule has 0 saturated carbocycles. The van der Waals surface area contributed by atoms with E-state index in [-0.39, 0.29) is 5.69 Å². The molecule has 0 aliphatic heterocycles. The number of benzene rings is 1. The van der Waals surface area contributed by atoms with Crippen LogP contribution >= 0.6 is 0 Å². The first-order chi connectivity index (χ1) is 7.66.